The first-order valence-electron chi connectivity index (χ1n) is 6.92. The van der Waals surface area contributed by atoms with E-state index in [4.69, 9.17) is 0 Å². The minimum Gasteiger partial charge on any atom is -0.364 e. The van der Waals surface area contributed by atoms with Crippen LogP contribution >= 0.6 is 15.9 Å². The predicted molar refractivity (Wildman–Crippen MR) is 92.2 cm³/mol. The van der Waals surface area contributed by atoms with Gasteiger partial charge in [0.05, 0.1) is 12.4 Å². The molecule has 0 radical (unpaired) electrons. The predicted octanol–water partition coefficient (Wildman–Crippen LogP) is 4.01. The Morgan fingerprint density at radius 3 is 2.45 bits per heavy atom. The van der Waals surface area contributed by atoms with Gasteiger partial charge in [-0.15, -0.1) is 0 Å². The van der Waals surface area contributed by atoms with Crippen LogP contribution in [0.5, 0.6) is 0 Å². The summed E-state index contributed by atoms with van der Waals surface area (Å²) in [4.78, 5) is 20.5. The van der Waals surface area contributed by atoms with Gasteiger partial charge in [0.1, 0.15) is 11.5 Å². The number of amides is 1. The fourth-order valence-electron chi connectivity index (χ4n) is 1.81. The summed E-state index contributed by atoms with van der Waals surface area (Å²) in [6.07, 6.45) is 3.03. The van der Waals surface area contributed by atoms with Gasteiger partial charge in [0.25, 0.3) is 5.91 Å². The zero-order valence-corrected chi connectivity index (χ0v) is 14.7. The van der Waals surface area contributed by atoms with Crippen LogP contribution in [0, 0.1) is 6.92 Å². The molecule has 0 aliphatic rings. The van der Waals surface area contributed by atoms with E-state index in [-0.39, 0.29) is 17.1 Å². The van der Waals surface area contributed by atoms with Crippen LogP contribution in [0.4, 0.5) is 11.5 Å². The largest absolute Gasteiger partial charge is 0.364 e. The summed E-state index contributed by atoms with van der Waals surface area (Å²) in [5.74, 6) is 0.361. The molecule has 0 aliphatic carbocycles. The lowest BCUT2D eigenvalue weighted by molar-refractivity contribution is 0.102. The first kappa shape index (κ1) is 16.4. The van der Waals surface area contributed by atoms with E-state index in [1.54, 1.807) is 6.20 Å². The first-order valence-corrected chi connectivity index (χ1v) is 7.72. The van der Waals surface area contributed by atoms with E-state index in [0.717, 1.165) is 15.7 Å². The number of nitrogens with zero attached hydrogens (tertiary/aromatic N) is 2. The molecule has 0 atom stereocenters. The van der Waals surface area contributed by atoms with Crippen molar-refractivity contribution in [3.05, 3.63) is 46.3 Å². The summed E-state index contributed by atoms with van der Waals surface area (Å²) in [7, 11) is 0. The van der Waals surface area contributed by atoms with Crippen molar-refractivity contribution >= 4 is 33.3 Å². The lowest BCUT2D eigenvalue weighted by Crippen LogP contribution is -2.27. The van der Waals surface area contributed by atoms with Crippen LogP contribution in [0.3, 0.4) is 0 Å². The van der Waals surface area contributed by atoms with Gasteiger partial charge in [0.15, 0.2) is 0 Å². The monoisotopic (exact) mass is 362 g/mol. The van der Waals surface area contributed by atoms with E-state index in [2.05, 4.69) is 36.5 Å². The van der Waals surface area contributed by atoms with E-state index in [0.29, 0.717) is 5.82 Å². The van der Waals surface area contributed by atoms with Crippen molar-refractivity contribution in [2.24, 2.45) is 0 Å². The summed E-state index contributed by atoms with van der Waals surface area (Å²) < 4.78 is 1.00. The highest BCUT2D eigenvalue weighted by atomic mass is 79.9. The van der Waals surface area contributed by atoms with Crippen LogP contribution in [-0.2, 0) is 0 Å². The third-order valence-corrected chi connectivity index (χ3v) is 3.69. The molecule has 1 aromatic carbocycles. The highest BCUT2D eigenvalue weighted by Gasteiger charge is 2.12. The standard InChI is InChI=1S/C16H19BrN4O/c1-10-7-11(5-6-12(10)17)20-15(22)13-8-19-14(9-18-13)21-16(2,3)4/h5-9H,1-4H3,(H,19,21)(H,20,22). The molecule has 1 amide bonds. The minimum atomic E-state index is -0.281. The summed E-state index contributed by atoms with van der Waals surface area (Å²) in [6.45, 7) is 8.06. The van der Waals surface area contributed by atoms with Crippen LogP contribution in [0.15, 0.2) is 35.1 Å². The molecule has 22 heavy (non-hydrogen) atoms. The first-order chi connectivity index (χ1) is 10.2. The van der Waals surface area contributed by atoms with Crippen molar-refractivity contribution in [1.29, 1.82) is 0 Å². The number of nitrogens with one attached hydrogen (secondary N) is 2. The number of anilines is 2. The molecule has 1 heterocycles. The Morgan fingerprint density at radius 2 is 1.91 bits per heavy atom. The summed E-state index contributed by atoms with van der Waals surface area (Å²) in [5.41, 5.74) is 1.95. The zero-order chi connectivity index (χ0) is 16.3. The molecule has 5 nitrogen and oxygen atoms in total. The van der Waals surface area contributed by atoms with Crippen molar-refractivity contribution in [3.63, 3.8) is 0 Å². The second kappa shape index (κ2) is 6.44. The van der Waals surface area contributed by atoms with Crippen LogP contribution in [-0.4, -0.2) is 21.4 Å². The zero-order valence-electron chi connectivity index (χ0n) is 13.1. The summed E-state index contributed by atoms with van der Waals surface area (Å²) >= 11 is 3.43. The summed E-state index contributed by atoms with van der Waals surface area (Å²) in [6, 6.07) is 5.62. The Balaban J connectivity index is 2.08. The summed E-state index contributed by atoms with van der Waals surface area (Å²) in [5, 5.41) is 6.01. The minimum absolute atomic E-state index is 0.104. The quantitative estimate of drug-likeness (QED) is 0.865. The Bertz CT molecular complexity index is 678. The maximum absolute atomic E-state index is 12.2. The van der Waals surface area contributed by atoms with Gasteiger partial charge < -0.3 is 10.6 Å². The second-order valence-corrected chi connectivity index (χ2v) is 6.93. The van der Waals surface area contributed by atoms with E-state index >= 15 is 0 Å². The average Bonchev–Trinajstić information content (AvgIpc) is 2.42. The van der Waals surface area contributed by atoms with Crippen molar-refractivity contribution in [2.45, 2.75) is 33.2 Å². The number of aryl methyl sites for hydroxylation is 1. The maximum Gasteiger partial charge on any atom is 0.275 e. The topological polar surface area (TPSA) is 66.9 Å². The molecule has 0 bridgehead atoms. The SMILES string of the molecule is Cc1cc(NC(=O)c2cnc(NC(C)(C)C)cn2)ccc1Br. The molecular formula is C16H19BrN4O. The lowest BCUT2D eigenvalue weighted by Gasteiger charge is -2.20. The van der Waals surface area contributed by atoms with Gasteiger partial charge in [-0.05, 0) is 51.5 Å². The van der Waals surface area contributed by atoms with Crippen molar-refractivity contribution in [3.8, 4) is 0 Å². The smallest absolute Gasteiger partial charge is 0.275 e. The number of halogens is 1. The fraction of sp³-hybridized carbons (Fsp3) is 0.312. The van der Waals surface area contributed by atoms with Crippen LogP contribution in [0.25, 0.3) is 0 Å². The van der Waals surface area contributed by atoms with E-state index < -0.39 is 0 Å². The molecule has 0 spiro atoms. The number of hydrogen-bond acceptors (Lipinski definition) is 4. The van der Waals surface area contributed by atoms with Crippen molar-refractivity contribution < 1.29 is 4.79 Å². The third kappa shape index (κ3) is 4.53. The Kier molecular flexibility index (Phi) is 4.81. The Morgan fingerprint density at radius 1 is 1.18 bits per heavy atom. The van der Waals surface area contributed by atoms with Gasteiger partial charge in [0, 0.05) is 15.7 Å². The number of benzene rings is 1. The molecule has 0 aliphatic heterocycles. The number of hydrogen-bond donors (Lipinski definition) is 2. The number of rotatable bonds is 3. The molecule has 6 heteroatoms. The average molecular weight is 363 g/mol. The van der Waals surface area contributed by atoms with Crippen LogP contribution in [0.1, 0.15) is 36.8 Å². The Labute approximate surface area is 138 Å². The van der Waals surface area contributed by atoms with Gasteiger partial charge in [-0.2, -0.15) is 0 Å². The second-order valence-electron chi connectivity index (χ2n) is 6.08. The van der Waals surface area contributed by atoms with E-state index in [1.807, 2.05) is 45.9 Å². The highest BCUT2D eigenvalue weighted by Crippen LogP contribution is 2.20. The molecule has 2 N–H and O–H groups in total. The highest BCUT2D eigenvalue weighted by molar-refractivity contribution is 9.10. The number of aromatic nitrogens is 2. The van der Waals surface area contributed by atoms with Gasteiger partial charge in [-0.3, -0.25) is 4.79 Å². The van der Waals surface area contributed by atoms with E-state index in [9.17, 15) is 4.79 Å². The normalized spacial score (nSPS) is 11.1. The molecule has 0 unspecified atom stereocenters. The number of carbonyl (C=O) groups is 1. The molecule has 2 aromatic rings. The lowest BCUT2D eigenvalue weighted by atomic mass is 10.1. The van der Waals surface area contributed by atoms with Crippen molar-refractivity contribution in [1.82, 2.24) is 9.97 Å². The molecular weight excluding hydrogens is 344 g/mol. The molecule has 0 fully saturated rings. The molecule has 1 aromatic heterocycles. The van der Waals surface area contributed by atoms with Gasteiger partial charge >= 0.3 is 0 Å². The third-order valence-electron chi connectivity index (χ3n) is 2.80. The van der Waals surface area contributed by atoms with Gasteiger partial charge in [-0.1, -0.05) is 15.9 Å². The Hall–Kier alpha value is -1.95. The maximum atomic E-state index is 12.2. The van der Waals surface area contributed by atoms with Gasteiger partial charge in [0.2, 0.25) is 0 Å². The fourth-order valence-corrected chi connectivity index (χ4v) is 2.06. The molecule has 0 saturated carbocycles. The molecule has 116 valence electrons. The number of carbonyl (C=O) groups excluding carboxylic acids is 1. The molecule has 2 rings (SSSR count). The molecule has 0 saturated heterocycles. The van der Waals surface area contributed by atoms with Gasteiger partial charge in [-0.25, -0.2) is 9.97 Å². The van der Waals surface area contributed by atoms with E-state index in [1.165, 1.54) is 6.20 Å². The van der Waals surface area contributed by atoms with Crippen LogP contribution in [0.2, 0.25) is 0 Å². The van der Waals surface area contributed by atoms with Crippen molar-refractivity contribution in [2.75, 3.05) is 10.6 Å². The van der Waals surface area contributed by atoms with Crippen LogP contribution < -0.4 is 10.6 Å².